The molecule has 1 N–H and O–H groups in total. The van der Waals surface area contributed by atoms with Crippen molar-refractivity contribution in [3.05, 3.63) is 22.4 Å². The lowest BCUT2D eigenvalue weighted by Crippen LogP contribution is -3.13. The largest absolute Gasteiger partial charge is 0.456 e. The Morgan fingerprint density at radius 3 is 2.88 bits per heavy atom. The van der Waals surface area contributed by atoms with Crippen LogP contribution in [0.25, 0.3) is 0 Å². The van der Waals surface area contributed by atoms with Gasteiger partial charge in [-0.15, -0.1) is 11.3 Å². The first-order valence-electron chi connectivity index (χ1n) is 5.90. The van der Waals surface area contributed by atoms with Gasteiger partial charge in [-0.2, -0.15) is 0 Å². The van der Waals surface area contributed by atoms with Gasteiger partial charge in [-0.25, -0.2) is 4.79 Å². The number of nitrogens with one attached hydrogen (secondary N) is 1. The smallest absolute Gasteiger partial charge is 0.348 e. The van der Waals surface area contributed by atoms with E-state index in [1.165, 1.54) is 43.7 Å². The van der Waals surface area contributed by atoms with Crippen LogP contribution in [-0.4, -0.2) is 32.2 Å². The van der Waals surface area contributed by atoms with Gasteiger partial charge in [0.2, 0.25) is 0 Å². The molecular weight excluding hydrogens is 222 g/mol. The van der Waals surface area contributed by atoms with Crippen LogP contribution in [-0.2, 0) is 4.74 Å². The van der Waals surface area contributed by atoms with Gasteiger partial charge < -0.3 is 9.64 Å². The molecule has 3 nitrogen and oxygen atoms in total. The molecule has 0 bridgehead atoms. The third-order valence-electron chi connectivity index (χ3n) is 2.97. The topological polar surface area (TPSA) is 30.7 Å². The first kappa shape index (κ1) is 11.6. The quantitative estimate of drug-likeness (QED) is 0.795. The molecule has 1 aliphatic rings. The summed E-state index contributed by atoms with van der Waals surface area (Å²) in [5, 5.41) is 1.90. The normalized spacial score (nSPS) is 17.2. The standard InChI is InChI=1S/C12H17NO2S/c14-12(11-5-4-10-16-11)15-9-8-13-6-2-1-3-7-13/h4-5,10H,1-3,6-9H2/p+1. The zero-order chi connectivity index (χ0) is 11.2. The molecule has 0 atom stereocenters. The lowest BCUT2D eigenvalue weighted by Gasteiger charge is -2.23. The van der Waals surface area contributed by atoms with E-state index in [1.54, 1.807) is 11.0 Å². The van der Waals surface area contributed by atoms with Crippen molar-refractivity contribution in [3.8, 4) is 0 Å². The molecule has 0 radical (unpaired) electrons. The van der Waals surface area contributed by atoms with Crippen molar-refractivity contribution >= 4 is 17.3 Å². The Kier molecular flexibility index (Phi) is 4.36. The van der Waals surface area contributed by atoms with E-state index in [1.807, 2.05) is 11.4 Å². The summed E-state index contributed by atoms with van der Waals surface area (Å²) in [5.74, 6) is -0.175. The molecule has 0 spiro atoms. The molecule has 1 aliphatic heterocycles. The summed E-state index contributed by atoms with van der Waals surface area (Å²) < 4.78 is 5.24. The van der Waals surface area contributed by atoms with E-state index in [0.29, 0.717) is 11.5 Å². The highest BCUT2D eigenvalue weighted by molar-refractivity contribution is 7.11. The fraction of sp³-hybridized carbons (Fsp3) is 0.583. The number of piperidine rings is 1. The van der Waals surface area contributed by atoms with Gasteiger partial charge in [0.1, 0.15) is 18.0 Å². The number of rotatable bonds is 4. The predicted molar refractivity (Wildman–Crippen MR) is 64.0 cm³/mol. The van der Waals surface area contributed by atoms with E-state index in [2.05, 4.69) is 0 Å². The molecule has 88 valence electrons. The Labute approximate surface area is 100 Å². The molecule has 0 aliphatic carbocycles. The highest BCUT2D eigenvalue weighted by Crippen LogP contribution is 2.09. The number of carbonyl (C=O) groups is 1. The summed E-state index contributed by atoms with van der Waals surface area (Å²) in [5.41, 5.74) is 0. The second-order valence-electron chi connectivity index (χ2n) is 4.17. The third-order valence-corrected chi connectivity index (χ3v) is 3.82. The number of thiophene rings is 1. The minimum Gasteiger partial charge on any atom is -0.456 e. The van der Waals surface area contributed by atoms with Gasteiger partial charge in [0.15, 0.2) is 0 Å². The lowest BCUT2D eigenvalue weighted by molar-refractivity contribution is -0.905. The highest BCUT2D eigenvalue weighted by Gasteiger charge is 2.14. The number of quaternary nitrogens is 1. The van der Waals surface area contributed by atoms with Crippen molar-refractivity contribution in [3.63, 3.8) is 0 Å². The summed E-state index contributed by atoms with van der Waals surface area (Å²) in [7, 11) is 0. The first-order valence-corrected chi connectivity index (χ1v) is 6.78. The maximum absolute atomic E-state index is 11.5. The van der Waals surface area contributed by atoms with Crippen LogP contribution in [0.5, 0.6) is 0 Å². The Morgan fingerprint density at radius 1 is 1.38 bits per heavy atom. The van der Waals surface area contributed by atoms with Gasteiger partial charge in [-0.1, -0.05) is 6.07 Å². The van der Waals surface area contributed by atoms with Crippen molar-refractivity contribution in [2.45, 2.75) is 19.3 Å². The highest BCUT2D eigenvalue weighted by atomic mass is 32.1. The van der Waals surface area contributed by atoms with Gasteiger partial charge >= 0.3 is 5.97 Å². The number of carbonyl (C=O) groups excluding carboxylic acids is 1. The molecule has 1 fully saturated rings. The molecule has 1 aromatic rings. The zero-order valence-corrected chi connectivity index (χ0v) is 10.2. The first-order chi connectivity index (χ1) is 7.86. The van der Waals surface area contributed by atoms with Crippen molar-refractivity contribution in [1.82, 2.24) is 0 Å². The SMILES string of the molecule is O=C(OCC[NH+]1CCCCC1)c1cccs1. The molecule has 16 heavy (non-hydrogen) atoms. The average molecular weight is 240 g/mol. The van der Waals surface area contributed by atoms with Crippen molar-refractivity contribution < 1.29 is 14.4 Å². The maximum atomic E-state index is 11.5. The van der Waals surface area contributed by atoms with Crippen LogP contribution in [0.2, 0.25) is 0 Å². The van der Waals surface area contributed by atoms with Crippen LogP contribution >= 0.6 is 11.3 Å². The van der Waals surface area contributed by atoms with Gasteiger partial charge in [-0.05, 0) is 30.7 Å². The maximum Gasteiger partial charge on any atom is 0.348 e. The molecule has 2 heterocycles. The Bertz CT molecular complexity index is 318. The number of hydrogen-bond acceptors (Lipinski definition) is 3. The lowest BCUT2D eigenvalue weighted by atomic mass is 10.1. The molecular formula is C12H18NO2S+. The Balaban J connectivity index is 1.66. The van der Waals surface area contributed by atoms with Crippen LogP contribution < -0.4 is 4.90 Å². The third kappa shape index (κ3) is 3.32. The van der Waals surface area contributed by atoms with Crippen molar-refractivity contribution in [1.29, 1.82) is 0 Å². The van der Waals surface area contributed by atoms with E-state index in [0.717, 1.165) is 6.54 Å². The van der Waals surface area contributed by atoms with Crippen molar-refractivity contribution in [2.75, 3.05) is 26.2 Å². The summed E-state index contributed by atoms with van der Waals surface area (Å²) in [6, 6.07) is 3.68. The fourth-order valence-electron chi connectivity index (χ4n) is 2.06. The van der Waals surface area contributed by atoms with E-state index >= 15 is 0 Å². The molecule has 4 heteroatoms. The summed E-state index contributed by atoms with van der Waals surface area (Å²) in [6.45, 7) is 3.97. The molecule has 0 aromatic carbocycles. The molecule has 2 rings (SSSR count). The Morgan fingerprint density at radius 2 is 2.19 bits per heavy atom. The van der Waals surface area contributed by atoms with Gasteiger partial charge in [0, 0.05) is 0 Å². The van der Waals surface area contributed by atoms with E-state index in [4.69, 9.17) is 4.74 Å². The number of ether oxygens (including phenoxy) is 1. The summed E-state index contributed by atoms with van der Waals surface area (Å²) >= 11 is 1.44. The fourth-order valence-corrected chi connectivity index (χ4v) is 2.67. The van der Waals surface area contributed by atoms with Crippen LogP contribution in [0.15, 0.2) is 17.5 Å². The zero-order valence-electron chi connectivity index (χ0n) is 9.41. The minimum absolute atomic E-state index is 0.175. The van der Waals surface area contributed by atoms with E-state index < -0.39 is 0 Å². The van der Waals surface area contributed by atoms with Gasteiger partial charge in [-0.3, -0.25) is 0 Å². The van der Waals surface area contributed by atoms with Gasteiger partial charge in [0.25, 0.3) is 0 Å². The van der Waals surface area contributed by atoms with Gasteiger partial charge in [0.05, 0.1) is 13.1 Å². The predicted octanol–water partition coefficient (Wildman–Crippen LogP) is 0.974. The van der Waals surface area contributed by atoms with Crippen molar-refractivity contribution in [2.24, 2.45) is 0 Å². The van der Waals surface area contributed by atoms with Crippen LogP contribution in [0.1, 0.15) is 28.9 Å². The summed E-state index contributed by atoms with van der Waals surface area (Å²) in [4.78, 5) is 13.8. The Hall–Kier alpha value is -0.870. The molecule has 1 aromatic heterocycles. The second-order valence-corrected chi connectivity index (χ2v) is 5.12. The molecule has 0 amide bonds. The van der Waals surface area contributed by atoms with E-state index in [-0.39, 0.29) is 5.97 Å². The number of esters is 1. The minimum atomic E-state index is -0.175. The number of likely N-dealkylation sites (tertiary alicyclic amines) is 1. The number of hydrogen-bond donors (Lipinski definition) is 1. The second kappa shape index (κ2) is 6.01. The average Bonchev–Trinajstić information content (AvgIpc) is 2.84. The van der Waals surface area contributed by atoms with E-state index in [9.17, 15) is 4.79 Å². The molecule has 0 unspecified atom stereocenters. The van der Waals surface area contributed by atoms with Crippen LogP contribution in [0.3, 0.4) is 0 Å². The monoisotopic (exact) mass is 240 g/mol. The van der Waals surface area contributed by atoms with Crippen LogP contribution in [0, 0.1) is 0 Å². The summed E-state index contributed by atoms with van der Waals surface area (Å²) in [6.07, 6.45) is 3.99. The van der Waals surface area contributed by atoms with Crippen LogP contribution in [0.4, 0.5) is 0 Å². The molecule has 1 saturated heterocycles. The molecule has 0 saturated carbocycles.